The molecule has 0 amide bonds. The maximum Gasteiger partial charge on any atom is 0.222 e. The standard InChI is InChI=1S/C8H13BrN4/c1-4(2)11-7-6(9)5(3)12-8(10)13-7/h4H,1-3H3,(H3,10,11,12,13). The topological polar surface area (TPSA) is 63.8 Å². The second-order valence-corrected chi connectivity index (χ2v) is 3.92. The Kier molecular flexibility index (Phi) is 3.08. The maximum atomic E-state index is 5.52. The molecule has 72 valence electrons. The van der Waals surface area contributed by atoms with Crippen molar-refractivity contribution in [3.05, 3.63) is 10.2 Å². The van der Waals surface area contributed by atoms with Crippen LogP contribution in [0.3, 0.4) is 0 Å². The Balaban J connectivity index is 3.05. The largest absolute Gasteiger partial charge is 0.368 e. The average molecular weight is 245 g/mol. The molecule has 0 aromatic carbocycles. The van der Waals surface area contributed by atoms with Gasteiger partial charge in [0, 0.05) is 6.04 Å². The van der Waals surface area contributed by atoms with E-state index in [1.807, 2.05) is 20.8 Å². The number of halogens is 1. The Labute approximate surface area is 86.1 Å². The molecule has 1 aromatic rings. The summed E-state index contributed by atoms with van der Waals surface area (Å²) < 4.78 is 0.871. The highest BCUT2D eigenvalue weighted by molar-refractivity contribution is 9.10. The third kappa shape index (κ3) is 2.55. The second kappa shape index (κ2) is 3.91. The minimum atomic E-state index is 0.295. The van der Waals surface area contributed by atoms with E-state index in [1.165, 1.54) is 0 Å². The van der Waals surface area contributed by atoms with Crippen molar-refractivity contribution in [1.82, 2.24) is 9.97 Å². The van der Waals surface area contributed by atoms with Gasteiger partial charge >= 0.3 is 0 Å². The van der Waals surface area contributed by atoms with Crippen LogP contribution >= 0.6 is 15.9 Å². The first-order chi connectivity index (χ1) is 6.00. The zero-order chi connectivity index (χ0) is 10.0. The molecule has 0 unspecified atom stereocenters. The number of hydrogen-bond donors (Lipinski definition) is 2. The quantitative estimate of drug-likeness (QED) is 0.835. The van der Waals surface area contributed by atoms with Gasteiger partial charge in [0.25, 0.3) is 0 Å². The van der Waals surface area contributed by atoms with Crippen molar-refractivity contribution < 1.29 is 0 Å². The fourth-order valence-corrected chi connectivity index (χ4v) is 1.24. The molecule has 1 rings (SSSR count). The lowest BCUT2D eigenvalue weighted by Gasteiger charge is -2.12. The zero-order valence-corrected chi connectivity index (χ0v) is 9.51. The molecular weight excluding hydrogens is 232 g/mol. The van der Waals surface area contributed by atoms with Crippen LogP contribution in [-0.4, -0.2) is 16.0 Å². The van der Waals surface area contributed by atoms with E-state index in [0.717, 1.165) is 16.0 Å². The van der Waals surface area contributed by atoms with Crippen LogP contribution in [0, 0.1) is 6.92 Å². The Morgan fingerprint density at radius 2 is 2.00 bits per heavy atom. The van der Waals surface area contributed by atoms with Crippen molar-refractivity contribution in [1.29, 1.82) is 0 Å². The van der Waals surface area contributed by atoms with Gasteiger partial charge in [0.1, 0.15) is 5.82 Å². The summed E-state index contributed by atoms with van der Waals surface area (Å²) >= 11 is 3.40. The lowest BCUT2D eigenvalue weighted by Crippen LogP contribution is -2.13. The van der Waals surface area contributed by atoms with Gasteiger partial charge in [-0.15, -0.1) is 0 Å². The Morgan fingerprint density at radius 1 is 1.38 bits per heavy atom. The first kappa shape index (κ1) is 10.2. The summed E-state index contributed by atoms with van der Waals surface area (Å²) in [6.07, 6.45) is 0. The normalized spacial score (nSPS) is 10.5. The van der Waals surface area contributed by atoms with E-state index < -0.39 is 0 Å². The molecule has 0 aliphatic rings. The van der Waals surface area contributed by atoms with E-state index >= 15 is 0 Å². The second-order valence-electron chi connectivity index (χ2n) is 3.13. The van der Waals surface area contributed by atoms with Gasteiger partial charge < -0.3 is 11.1 Å². The number of nitrogens with two attached hydrogens (primary N) is 1. The van der Waals surface area contributed by atoms with Gasteiger partial charge in [0.05, 0.1) is 10.2 Å². The molecule has 3 N–H and O–H groups in total. The number of aromatic nitrogens is 2. The number of rotatable bonds is 2. The average Bonchev–Trinajstić information content (AvgIpc) is 1.98. The van der Waals surface area contributed by atoms with Gasteiger partial charge in [0.2, 0.25) is 5.95 Å². The first-order valence-electron chi connectivity index (χ1n) is 4.07. The van der Waals surface area contributed by atoms with Crippen molar-refractivity contribution in [2.75, 3.05) is 11.1 Å². The fraction of sp³-hybridized carbons (Fsp3) is 0.500. The molecule has 0 fully saturated rings. The summed E-state index contributed by atoms with van der Waals surface area (Å²) in [6, 6.07) is 0.324. The molecule has 0 saturated carbocycles. The molecule has 13 heavy (non-hydrogen) atoms. The van der Waals surface area contributed by atoms with E-state index in [2.05, 4.69) is 31.2 Å². The van der Waals surface area contributed by atoms with E-state index in [1.54, 1.807) is 0 Å². The number of hydrogen-bond acceptors (Lipinski definition) is 4. The highest BCUT2D eigenvalue weighted by Gasteiger charge is 2.07. The van der Waals surface area contributed by atoms with Gasteiger partial charge in [-0.3, -0.25) is 0 Å². The summed E-state index contributed by atoms with van der Waals surface area (Å²) in [7, 11) is 0. The molecular formula is C8H13BrN4. The Bertz CT molecular complexity index is 311. The van der Waals surface area contributed by atoms with Gasteiger partial charge in [-0.05, 0) is 36.7 Å². The summed E-state index contributed by atoms with van der Waals surface area (Å²) in [5.41, 5.74) is 6.36. The van der Waals surface area contributed by atoms with Crippen LogP contribution in [-0.2, 0) is 0 Å². The van der Waals surface area contributed by atoms with Crippen molar-refractivity contribution in [3.63, 3.8) is 0 Å². The predicted molar refractivity (Wildman–Crippen MR) is 57.6 cm³/mol. The van der Waals surface area contributed by atoms with E-state index in [4.69, 9.17) is 5.73 Å². The van der Waals surface area contributed by atoms with Crippen LogP contribution in [0.2, 0.25) is 0 Å². The van der Waals surface area contributed by atoms with Gasteiger partial charge in [-0.1, -0.05) is 0 Å². The molecule has 0 atom stereocenters. The lowest BCUT2D eigenvalue weighted by molar-refractivity contribution is 0.883. The highest BCUT2D eigenvalue weighted by Crippen LogP contribution is 2.23. The highest BCUT2D eigenvalue weighted by atomic mass is 79.9. The van der Waals surface area contributed by atoms with Gasteiger partial charge in [0.15, 0.2) is 0 Å². The molecule has 0 saturated heterocycles. The van der Waals surface area contributed by atoms with Crippen LogP contribution in [0.15, 0.2) is 4.47 Å². The lowest BCUT2D eigenvalue weighted by atomic mass is 10.3. The molecule has 4 nitrogen and oxygen atoms in total. The summed E-state index contributed by atoms with van der Waals surface area (Å²) in [5, 5.41) is 3.18. The third-order valence-electron chi connectivity index (χ3n) is 1.46. The van der Waals surface area contributed by atoms with Crippen LogP contribution < -0.4 is 11.1 Å². The number of aryl methyl sites for hydroxylation is 1. The van der Waals surface area contributed by atoms with Crippen molar-refractivity contribution in [3.8, 4) is 0 Å². The Morgan fingerprint density at radius 3 is 2.54 bits per heavy atom. The molecule has 0 spiro atoms. The van der Waals surface area contributed by atoms with E-state index in [0.29, 0.717) is 12.0 Å². The maximum absolute atomic E-state index is 5.52. The van der Waals surface area contributed by atoms with Crippen LogP contribution in [0.1, 0.15) is 19.5 Å². The monoisotopic (exact) mass is 244 g/mol. The number of anilines is 2. The molecule has 5 heteroatoms. The van der Waals surface area contributed by atoms with E-state index in [9.17, 15) is 0 Å². The minimum absolute atomic E-state index is 0.295. The third-order valence-corrected chi connectivity index (χ3v) is 2.41. The summed E-state index contributed by atoms with van der Waals surface area (Å²) in [6.45, 7) is 5.97. The van der Waals surface area contributed by atoms with Gasteiger partial charge in [-0.2, -0.15) is 4.98 Å². The smallest absolute Gasteiger partial charge is 0.222 e. The molecule has 0 aliphatic carbocycles. The fourth-order valence-electron chi connectivity index (χ4n) is 0.950. The molecule has 0 radical (unpaired) electrons. The molecule has 0 bridgehead atoms. The SMILES string of the molecule is Cc1nc(N)nc(NC(C)C)c1Br. The van der Waals surface area contributed by atoms with Crippen molar-refractivity contribution in [2.24, 2.45) is 0 Å². The molecule has 0 aliphatic heterocycles. The number of nitrogen functional groups attached to an aromatic ring is 1. The summed E-state index contributed by atoms with van der Waals surface area (Å²) in [5.74, 6) is 1.05. The Hall–Kier alpha value is -0.840. The van der Waals surface area contributed by atoms with Gasteiger partial charge in [-0.25, -0.2) is 4.98 Å². The minimum Gasteiger partial charge on any atom is -0.368 e. The van der Waals surface area contributed by atoms with E-state index in [-0.39, 0.29) is 0 Å². The molecule has 1 aromatic heterocycles. The van der Waals surface area contributed by atoms with Crippen LogP contribution in [0.25, 0.3) is 0 Å². The van der Waals surface area contributed by atoms with Crippen molar-refractivity contribution in [2.45, 2.75) is 26.8 Å². The molecule has 1 heterocycles. The predicted octanol–water partition coefficient (Wildman–Crippen LogP) is 1.95. The number of nitrogens with zero attached hydrogens (tertiary/aromatic N) is 2. The zero-order valence-electron chi connectivity index (χ0n) is 7.93. The van der Waals surface area contributed by atoms with Crippen LogP contribution in [0.4, 0.5) is 11.8 Å². The van der Waals surface area contributed by atoms with Crippen LogP contribution in [0.5, 0.6) is 0 Å². The summed E-state index contributed by atoms with van der Waals surface area (Å²) in [4.78, 5) is 8.10. The number of nitrogens with one attached hydrogen (secondary N) is 1. The first-order valence-corrected chi connectivity index (χ1v) is 4.86. The van der Waals surface area contributed by atoms with Crippen molar-refractivity contribution >= 4 is 27.7 Å².